The van der Waals surface area contributed by atoms with Crippen molar-refractivity contribution in [1.29, 1.82) is 16.2 Å². The highest BCUT2D eigenvalue weighted by Gasteiger charge is 2.35. The van der Waals surface area contributed by atoms with Gasteiger partial charge in [0.1, 0.15) is 0 Å². The Hall–Kier alpha value is -4.20. The van der Waals surface area contributed by atoms with Gasteiger partial charge < -0.3 is 0 Å². The smallest absolute Gasteiger partial charge is 0.222 e. The fourth-order valence-corrected chi connectivity index (χ4v) is 4.45. The second-order valence-electron chi connectivity index (χ2n) is 8.18. The van der Waals surface area contributed by atoms with E-state index in [4.69, 9.17) is 30.6 Å². The van der Waals surface area contributed by atoms with E-state index < -0.39 is 0 Å². The van der Waals surface area contributed by atoms with Crippen molar-refractivity contribution >= 4 is 18.2 Å². The Balaban J connectivity index is 0.00000126. The Bertz CT molecular complexity index is 927. The minimum Gasteiger partial charge on any atom is -0.222 e. The number of rotatable bonds is 11. The van der Waals surface area contributed by atoms with E-state index in [1.807, 2.05) is 0 Å². The van der Waals surface area contributed by atoms with Crippen molar-refractivity contribution in [2.75, 3.05) is 0 Å². The zero-order chi connectivity index (χ0) is 27.6. The van der Waals surface area contributed by atoms with Crippen molar-refractivity contribution in [3.63, 3.8) is 0 Å². The van der Waals surface area contributed by atoms with Gasteiger partial charge in [-0.15, -0.1) is 0 Å². The first-order valence-corrected chi connectivity index (χ1v) is 12.4. The summed E-state index contributed by atoms with van der Waals surface area (Å²) in [7, 11) is 0. The lowest BCUT2D eigenvalue weighted by molar-refractivity contribution is 0.496. The normalized spacial score (nSPS) is 9.32. The van der Waals surface area contributed by atoms with Gasteiger partial charge in [-0.1, -0.05) is 143 Å². The fraction of sp³-hybridized carbons (Fsp3) is 0.323. The minimum atomic E-state index is -0.0762. The lowest BCUT2D eigenvalue weighted by Gasteiger charge is -2.36. The van der Waals surface area contributed by atoms with E-state index in [-0.39, 0.29) is 5.41 Å². The number of benzene rings is 3. The third kappa shape index (κ3) is 12.4. The number of unbranched alkanes of at least 4 members (excludes halogenated alkanes) is 6. The van der Waals surface area contributed by atoms with Crippen LogP contribution in [-0.4, -0.2) is 18.2 Å². The monoisotopic (exact) mass is 499 g/mol. The van der Waals surface area contributed by atoms with E-state index in [1.165, 1.54) is 61.6 Å². The molecule has 6 heteroatoms. The molecule has 3 N–H and O–H groups in total. The molecule has 0 atom stereocenters. The highest BCUT2D eigenvalue weighted by Crippen LogP contribution is 2.43. The molecule has 3 aromatic rings. The van der Waals surface area contributed by atoms with Gasteiger partial charge in [-0.25, -0.2) is 30.6 Å². The van der Waals surface area contributed by atoms with Crippen LogP contribution in [0.1, 0.15) is 75.0 Å². The average molecular weight is 500 g/mol. The third-order valence-corrected chi connectivity index (χ3v) is 5.96. The van der Waals surface area contributed by atoms with Crippen LogP contribution in [0.25, 0.3) is 0 Å². The molecule has 37 heavy (non-hydrogen) atoms. The third-order valence-electron chi connectivity index (χ3n) is 5.96. The summed E-state index contributed by atoms with van der Waals surface area (Å²) < 4.78 is 0. The molecule has 6 nitrogen and oxygen atoms in total. The van der Waals surface area contributed by atoms with Crippen molar-refractivity contribution in [3.05, 3.63) is 108 Å². The molecule has 0 unspecified atom stereocenters. The van der Waals surface area contributed by atoms with E-state index in [0.717, 1.165) is 24.7 Å². The van der Waals surface area contributed by atoms with Crippen LogP contribution in [0.4, 0.5) is 0 Å². The Morgan fingerprint density at radius 1 is 0.514 bits per heavy atom. The summed E-state index contributed by atoms with van der Waals surface area (Å²) in [5.41, 5.74) is 4.13. The number of carbonyl (C=O) groups excluding carboxylic acids is 3. The fourth-order valence-electron chi connectivity index (χ4n) is 4.45. The highest BCUT2D eigenvalue weighted by atomic mass is 16.1. The molecule has 0 saturated heterocycles. The predicted octanol–water partition coefficient (Wildman–Crippen LogP) is 7.86. The van der Waals surface area contributed by atoms with Crippen LogP contribution in [0.15, 0.2) is 91.0 Å². The summed E-state index contributed by atoms with van der Waals surface area (Å²) in [5.74, 6) is 0. The van der Waals surface area contributed by atoms with Gasteiger partial charge in [0.25, 0.3) is 0 Å². The second-order valence-corrected chi connectivity index (χ2v) is 8.18. The lowest BCUT2D eigenvalue weighted by atomic mass is 9.66. The first-order chi connectivity index (χ1) is 18.1. The predicted molar refractivity (Wildman–Crippen MR) is 147 cm³/mol. The number of hydrogen-bond acceptors (Lipinski definition) is 6. The summed E-state index contributed by atoms with van der Waals surface area (Å²) in [6.07, 6.45) is 12.8. The molecule has 0 bridgehead atoms. The molecule has 0 spiro atoms. The van der Waals surface area contributed by atoms with Gasteiger partial charge >= 0.3 is 0 Å². The van der Waals surface area contributed by atoms with Gasteiger partial charge in [-0.3, -0.25) is 0 Å². The molecule has 0 aliphatic rings. The van der Waals surface area contributed by atoms with Crippen LogP contribution >= 0.6 is 0 Å². The number of isocyanates is 3. The Morgan fingerprint density at radius 3 is 1.08 bits per heavy atom. The Morgan fingerprint density at radius 2 is 0.784 bits per heavy atom. The summed E-state index contributed by atoms with van der Waals surface area (Å²) in [5, 5.41) is 16.2. The van der Waals surface area contributed by atoms with Gasteiger partial charge in [0.2, 0.25) is 18.2 Å². The van der Waals surface area contributed by atoms with E-state index in [1.54, 1.807) is 0 Å². The highest BCUT2D eigenvalue weighted by molar-refractivity contribution is 5.50. The SMILES string of the molecule is CCCCCCCCCC(c1ccccc1)(c1ccccc1)c1ccccc1.N=C=O.N=C=O.N=C=O. The van der Waals surface area contributed by atoms with Gasteiger partial charge in [-0.05, 0) is 23.1 Å². The van der Waals surface area contributed by atoms with E-state index in [2.05, 4.69) is 97.9 Å². The molecular weight excluding hydrogens is 462 g/mol. The first-order valence-electron chi connectivity index (χ1n) is 12.4. The van der Waals surface area contributed by atoms with Crippen LogP contribution in [-0.2, 0) is 19.8 Å². The maximum atomic E-state index is 8.35. The Labute approximate surface area is 220 Å². The van der Waals surface area contributed by atoms with Crippen molar-refractivity contribution in [2.24, 2.45) is 0 Å². The van der Waals surface area contributed by atoms with Crippen LogP contribution in [0.3, 0.4) is 0 Å². The molecule has 0 aliphatic heterocycles. The maximum Gasteiger partial charge on any atom is 0.231 e. The number of hydrogen-bond donors (Lipinski definition) is 3. The molecule has 0 radical (unpaired) electrons. The van der Waals surface area contributed by atoms with E-state index in [0.29, 0.717) is 0 Å². The summed E-state index contributed by atoms with van der Waals surface area (Å²) >= 11 is 0. The van der Waals surface area contributed by atoms with Crippen molar-refractivity contribution in [2.45, 2.75) is 63.7 Å². The van der Waals surface area contributed by atoms with Gasteiger partial charge in [0.05, 0.1) is 0 Å². The molecule has 194 valence electrons. The topological polar surface area (TPSA) is 123 Å². The number of nitrogens with one attached hydrogen (secondary N) is 3. The zero-order valence-electron chi connectivity index (χ0n) is 21.5. The van der Waals surface area contributed by atoms with Crippen molar-refractivity contribution in [3.8, 4) is 0 Å². The minimum absolute atomic E-state index is 0.0762. The standard InChI is InChI=1S/C28H34.3CHNO/c1-2-3-4-5-6-7-17-24-28(25-18-11-8-12-19-25,26-20-13-9-14-21-26)27-22-15-10-16-23-27;3*2-1-3/h8-16,18-23H,2-7,17,24H2,1H3;3*2H. The summed E-state index contributed by atoms with van der Waals surface area (Å²) in [4.78, 5) is 25.0. The molecule has 0 aromatic heterocycles. The Kier molecular flexibility index (Phi) is 19.7. The van der Waals surface area contributed by atoms with Gasteiger partial charge in [0, 0.05) is 5.41 Å². The molecule has 0 fully saturated rings. The maximum absolute atomic E-state index is 8.35. The molecular formula is C31H37N3O3. The molecule has 3 aromatic carbocycles. The quantitative estimate of drug-likeness (QED) is 0.108. The lowest BCUT2D eigenvalue weighted by Crippen LogP contribution is -2.29. The average Bonchev–Trinajstić information content (AvgIpc) is 2.93. The molecule has 0 amide bonds. The van der Waals surface area contributed by atoms with Crippen LogP contribution in [0, 0.1) is 16.2 Å². The molecule has 3 rings (SSSR count). The molecule has 0 saturated carbocycles. The van der Waals surface area contributed by atoms with E-state index >= 15 is 0 Å². The molecule has 0 heterocycles. The van der Waals surface area contributed by atoms with Crippen LogP contribution < -0.4 is 0 Å². The summed E-state index contributed by atoms with van der Waals surface area (Å²) in [6.45, 7) is 2.29. The largest absolute Gasteiger partial charge is 0.231 e. The molecule has 0 aliphatic carbocycles. The van der Waals surface area contributed by atoms with Crippen molar-refractivity contribution < 1.29 is 14.4 Å². The zero-order valence-corrected chi connectivity index (χ0v) is 21.5. The van der Waals surface area contributed by atoms with Crippen molar-refractivity contribution in [1.82, 2.24) is 0 Å². The second kappa shape index (κ2) is 22.3. The summed E-state index contributed by atoms with van der Waals surface area (Å²) in [6, 6.07) is 33.3. The van der Waals surface area contributed by atoms with Crippen LogP contribution in [0.5, 0.6) is 0 Å². The van der Waals surface area contributed by atoms with E-state index in [9.17, 15) is 0 Å². The van der Waals surface area contributed by atoms with Gasteiger partial charge in [0.15, 0.2) is 0 Å². The first kappa shape index (κ1) is 32.8. The van der Waals surface area contributed by atoms with Crippen LogP contribution in [0.2, 0.25) is 0 Å². The van der Waals surface area contributed by atoms with Gasteiger partial charge in [-0.2, -0.15) is 0 Å².